The molecular formula is C14H13Cl2NS. The van der Waals surface area contributed by atoms with Crippen molar-refractivity contribution < 1.29 is 0 Å². The Morgan fingerprint density at radius 1 is 1.11 bits per heavy atom. The Kier molecular flexibility index (Phi) is 4.44. The zero-order valence-corrected chi connectivity index (χ0v) is 12.3. The molecule has 0 aliphatic carbocycles. The summed E-state index contributed by atoms with van der Waals surface area (Å²) in [6, 6.07) is 11.7. The van der Waals surface area contributed by atoms with Crippen molar-refractivity contribution in [1.82, 2.24) is 0 Å². The molecule has 0 saturated heterocycles. The molecule has 0 aromatic heterocycles. The minimum atomic E-state index is 0.611. The predicted molar refractivity (Wildman–Crippen MR) is 83.6 cm³/mol. The van der Waals surface area contributed by atoms with Gasteiger partial charge < -0.3 is 5.32 Å². The molecule has 2 aromatic rings. The smallest absolute Gasteiger partial charge is 0.0765 e. The van der Waals surface area contributed by atoms with Crippen molar-refractivity contribution in [2.45, 2.75) is 12.7 Å². The molecule has 18 heavy (non-hydrogen) atoms. The molecule has 0 atom stereocenters. The van der Waals surface area contributed by atoms with Gasteiger partial charge in [0.05, 0.1) is 15.7 Å². The monoisotopic (exact) mass is 297 g/mol. The Labute approximate surface area is 123 Å². The number of hydrogen-bond donors (Lipinski definition) is 2. The second-order valence-electron chi connectivity index (χ2n) is 3.99. The van der Waals surface area contributed by atoms with Crippen LogP contribution >= 0.6 is 35.8 Å². The maximum absolute atomic E-state index is 6.28. The molecule has 1 nitrogen and oxygen atoms in total. The van der Waals surface area contributed by atoms with Gasteiger partial charge in [0.1, 0.15) is 0 Å². The van der Waals surface area contributed by atoms with E-state index in [4.69, 9.17) is 23.2 Å². The van der Waals surface area contributed by atoms with Gasteiger partial charge in [0.25, 0.3) is 0 Å². The van der Waals surface area contributed by atoms with Crippen LogP contribution in [0.1, 0.15) is 11.1 Å². The number of nitrogens with one attached hydrogen (secondary N) is 1. The summed E-state index contributed by atoms with van der Waals surface area (Å²) in [4.78, 5) is 0. The number of aryl methyl sites for hydroxylation is 1. The minimum Gasteiger partial charge on any atom is -0.353 e. The molecular weight excluding hydrogens is 285 g/mol. The maximum Gasteiger partial charge on any atom is 0.0765 e. The molecule has 0 heterocycles. The average Bonchev–Trinajstić information content (AvgIpc) is 2.39. The van der Waals surface area contributed by atoms with Crippen LogP contribution in [0.4, 0.5) is 11.4 Å². The molecule has 2 aromatic carbocycles. The summed E-state index contributed by atoms with van der Waals surface area (Å²) < 4.78 is 0. The lowest BCUT2D eigenvalue weighted by Gasteiger charge is -2.14. The van der Waals surface area contributed by atoms with Crippen molar-refractivity contribution in [2.75, 3.05) is 5.32 Å². The molecule has 4 heteroatoms. The summed E-state index contributed by atoms with van der Waals surface area (Å²) in [5.41, 5.74) is 3.82. The molecule has 0 aliphatic heterocycles. The van der Waals surface area contributed by atoms with E-state index in [1.807, 2.05) is 43.3 Å². The third-order valence-corrected chi connectivity index (χ3v) is 3.87. The lowest BCUT2D eigenvalue weighted by molar-refractivity contribution is 1.39. The van der Waals surface area contributed by atoms with E-state index in [-0.39, 0.29) is 0 Å². The highest BCUT2D eigenvalue weighted by atomic mass is 35.5. The van der Waals surface area contributed by atoms with Crippen molar-refractivity contribution in [1.29, 1.82) is 0 Å². The van der Waals surface area contributed by atoms with Crippen molar-refractivity contribution in [3.63, 3.8) is 0 Å². The minimum absolute atomic E-state index is 0.611. The van der Waals surface area contributed by atoms with Gasteiger partial charge in [-0.3, -0.25) is 0 Å². The zero-order valence-electron chi connectivity index (χ0n) is 9.87. The molecule has 0 spiro atoms. The van der Waals surface area contributed by atoms with Crippen LogP contribution in [0.15, 0.2) is 36.4 Å². The fourth-order valence-corrected chi connectivity index (χ4v) is 2.43. The summed E-state index contributed by atoms with van der Waals surface area (Å²) in [6.45, 7) is 1.95. The molecule has 0 fully saturated rings. The van der Waals surface area contributed by atoms with E-state index in [9.17, 15) is 0 Å². The lowest BCUT2D eigenvalue weighted by atomic mass is 10.1. The van der Waals surface area contributed by atoms with Gasteiger partial charge in [-0.05, 0) is 30.2 Å². The van der Waals surface area contributed by atoms with Crippen molar-refractivity contribution >= 4 is 47.2 Å². The predicted octanol–water partition coefficient (Wildman–Crippen LogP) is 5.48. The van der Waals surface area contributed by atoms with Crippen LogP contribution in [0.5, 0.6) is 0 Å². The summed E-state index contributed by atoms with van der Waals surface area (Å²) in [6.07, 6.45) is 0. The van der Waals surface area contributed by atoms with E-state index in [0.717, 1.165) is 22.5 Å². The van der Waals surface area contributed by atoms with Crippen molar-refractivity contribution in [3.8, 4) is 0 Å². The molecule has 94 valence electrons. The second-order valence-corrected chi connectivity index (χ2v) is 5.09. The first kappa shape index (κ1) is 13.6. The van der Waals surface area contributed by atoms with E-state index in [0.29, 0.717) is 15.8 Å². The number of thiol groups is 1. The van der Waals surface area contributed by atoms with Crippen LogP contribution in [0.3, 0.4) is 0 Å². The van der Waals surface area contributed by atoms with Crippen LogP contribution in [-0.2, 0) is 5.75 Å². The molecule has 0 radical (unpaired) electrons. The lowest BCUT2D eigenvalue weighted by Crippen LogP contribution is -1.97. The van der Waals surface area contributed by atoms with E-state index in [2.05, 4.69) is 17.9 Å². The molecule has 0 saturated carbocycles. The van der Waals surface area contributed by atoms with Crippen LogP contribution in [0.2, 0.25) is 10.0 Å². The topological polar surface area (TPSA) is 12.0 Å². The standard InChI is InChI=1S/C14H13Cl2NS/c1-9-6-7-11(15)14(13(9)16)17-12-5-3-2-4-10(12)8-18/h2-7,17-18H,8H2,1H3. The second kappa shape index (κ2) is 5.87. The van der Waals surface area contributed by atoms with Crippen LogP contribution < -0.4 is 5.32 Å². The Hall–Kier alpha value is -0.830. The number of halogens is 2. The van der Waals surface area contributed by atoms with Gasteiger partial charge in [-0.25, -0.2) is 0 Å². The molecule has 0 bridgehead atoms. The summed E-state index contributed by atoms with van der Waals surface area (Å²) >= 11 is 16.8. The third kappa shape index (κ3) is 2.77. The van der Waals surface area contributed by atoms with Gasteiger partial charge in [-0.1, -0.05) is 47.5 Å². The van der Waals surface area contributed by atoms with Crippen LogP contribution in [0.25, 0.3) is 0 Å². The first-order valence-corrected chi connectivity index (χ1v) is 6.92. The highest BCUT2D eigenvalue weighted by Crippen LogP contribution is 2.36. The quantitative estimate of drug-likeness (QED) is 0.715. The van der Waals surface area contributed by atoms with Gasteiger partial charge in [0.2, 0.25) is 0 Å². The number of anilines is 2. The van der Waals surface area contributed by atoms with E-state index in [1.54, 1.807) is 0 Å². The van der Waals surface area contributed by atoms with E-state index in [1.165, 1.54) is 0 Å². The molecule has 0 unspecified atom stereocenters. The Bertz CT molecular complexity index is 570. The number of hydrogen-bond acceptors (Lipinski definition) is 2. The Morgan fingerprint density at radius 2 is 1.83 bits per heavy atom. The largest absolute Gasteiger partial charge is 0.353 e. The van der Waals surface area contributed by atoms with E-state index < -0.39 is 0 Å². The third-order valence-electron chi connectivity index (χ3n) is 2.73. The molecule has 0 aliphatic rings. The molecule has 0 amide bonds. The van der Waals surface area contributed by atoms with Crippen LogP contribution in [-0.4, -0.2) is 0 Å². The first-order valence-electron chi connectivity index (χ1n) is 5.54. The van der Waals surface area contributed by atoms with Gasteiger partial charge in [-0.15, -0.1) is 0 Å². The summed E-state index contributed by atoms with van der Waals surface area (Å²) in [7, 11) is 0. The van der Waals surface area contributed by atoms with Gasteiger partial charge >= 0.3 is 0 Å². The van der Waals surface area contributed by atoms with Crippen molar-refractivity contribution in [2.24, 2.45) is 0 Å². The number of benzene rings is 2. The fourth-order valence-electron chi connectivity index (χ4n) is 1.69. The highest BCUT2D eigenvalue weighted by Gasteiger charge is 2.10. The van der Waals surface area contributed by atoms with E-state index >= 15 is 0 Å². The first-order chi connectivity index (χ1) is 8.63. The maximum atomic E-state index is 6.28. The summed E-state index contributed by atoms with van der Waals surface area (Å²) in [5, 5.41) is 4.55. The number of para-hydroxylation sites is 1. The van der Waals surface area contributed by atoms with Gasteiger partial charge in [0.15, 0.2) is 0 Å². The summed E-state index contributed by atoms with van der Waals surface area (Å²) in [5.74, 6) is 0.657. The number of rotatable bonds is 3. The zero-order chi connectivity index (χ0) is 13.1. The Balaban J connectivity index is 2.43. The average molecular weight is 298 g/mol. The molecule has 2 rings (SSSR count). The highest BCUT2D eigenvalue weighted by molar-refractivity contribution is 7.79. The van der Waals surface area contributed by atoms with Gasteiger partial charge in [-0.2, -0.15) is 12.6 Å². The SMILES string of the molecule is Cc1ccc(Cl)c(Nc2ccccc2CS)c1Cl. The van der Waals surface area contributed by atoms with Crippen LogP contribution in [0, 0.1) is 6.92 Å². The normalized spacial score (nSPS) is 10.4. The van der Waals surface area contributed by atoms with Gasteiger partial charge in [0, 0.05) is 11.4 Å². The van der Waals surface area contributed by atoms with Crippen molar-refractivity contribution in [3.05, 3.63) is 57.6 Å². The Morgan fingerprint density at radius 3 is 2.56 bits per heavy atom. The fraction of sp³-hybridized carbons (Fsp3) is 0.143. The molecule has 1 N–H and O–H groups in total.